The molecule has 0 radical (unpaired) electrons. The molecule has 4 rings (SSSR count). The Morgan fingerprint density at radius 3 is 2.96 bits per heavy atom. The van der Waals surface area contributed by atoms with E-state index in [2.05, 4.69) is 40.5 Å². The van der Waals surface area contributed by atoms with Gasteiger partial charge in [0.1, 0.15) is 0 Å². The lowest BCUT2D eigenvalue weighted by atomic mass is 10.0. The highest BCUT2D eigenvalue weighted by atomic mass is 32.1. The molecule has 1 atom stereocenters. The first-order valence-electron chi connectivity index (χ1n) is 8.12. The maximum Gasteiger partial charge on any atom is 0.288 e. The summed E-state index contributed by atoms with van der Waals surface area (Å²) in [4.78, 5) is 4.36. The van der Waals surface area contributed by atoms with E-state index in [4.69, 9.17) is 16.6 Å². The zero-order valence-corrected chi connectivity index (χ0v) is 15.1. The molecule has 6 heteroatoms. The molecule has 0 bridgehead atoms. The Bertz CT molecular complexity index is 881. The largest absolute Gasteiger partial charge is 0.414 e. The van der Waals surface area contributed by atoms with Crippen molar-refractivity contribution in [3.63, 3.8) is 0 Å². The Balaban J connectivity index is 1.50. The van der Waals surface area contributed by atoms with Gasteiger partial charge in [-0.3, -0.25) is 4.90 Å². The van der Waals surface area contributed by atoms with Crippen LogP contribution in [-0.4, -0.2) is 21.2 Å². The second-order valence-corrected chi connectivity index (χ2v) is 7.45. The molecule has 0 fully saturated rings. The number of thiophene rings is 1. The van der Waals surface area contributed by atoms with E-state index in [0.29, 0.717) is 29.9 Å². The molecular weight excluding hydrogens is 338 g/mol. The number of nitrogens with zero attached hydrogens (tertiary/aromatic N) is 3. The summed E-state index contributed by atoms with van der Waals surface area (Å²) in [6, 6.07) is 12.8. The fourth-order valence-electron chi connectivity index (χ4n) is 3.21. The van der Waals surface area contributed by atoms with Gasteiger partial charge in [0.2, 0.25) is 5.89 Å². The van der Waals surface area contributed by atoms with Crippen molar-refractivity contribution in [1.82, 2.24) is 14.7 Å². The van der Waals surface area contributed by atoms with Crippen molar-refractivity contribution < 1.29 is 4.42 Å². The van der Waals surface area contributed by atoms with Crippen LogP contribution in [-0.2, 0) is 19.5 Å². The van der Waals surface area contributed by atoms with Gasteiger partial charge < -0.3 is 4.42 Å². The monoisotopic (exact) mass is 357 g/mol. The summed E-state index contributed by atoms with van der Waals surface area (Å²) < 4.78 is 7.50. The Labute approximate surface area is 150 Å². The van der Waals surface area contributed by atoms with Crippen LogP contribution in [0.4, 0.5) is 0 Å². The van der Waals surface area contributed by atoms with Crippen molar-refractivity contribution >= 4 is 23.6 Å². The zero-order valence-electron chi connectivity index (χ0n) is 13.5. The summed E-state index contributed by atoms with van der Waals surface area (Å²) in [6.45, 7) is 3.95. The average Bonchev–Trinajstić information content (AvgIpc) is 3.19. The molecule has 2 aromatic heterocycles. The molecule has 1 aromatic carbocycles. The minimum atomic E-state index is 0.385. The van der Waals surface area contributed by atoms with E-state index in [-0.39, 0.29) is 0 Å². The topological polar surface area (TPSA) is 34.2 Å². The molecule has 0 aliphatic carbocycles. The molecule has 3 aromatic rings. The standard InChI is InChI=1S/C18H19N3OS2/c1-13-15-8-10-24-16(15)7-9-20(13)12-21-18(23)22-17(19-21)11-14-5-3-2-4-6-14/h2-6,8,10,13H,7,9,11-12H2,1H3/t13-/m0/s1. The van der Waals surface area contributed by atoms with Crippen LogP contribution in [0.25, 0.3) is 0 Å². The zero-order chi connectivity index (χ0) is 16.5. The smallest absolute Gasteiger partial charge is 0.288 e. The fraction of sp³-hybridized carbons (Fsp3) is 0.333. The molecule has 0 saturated heterocycles. The summed E-state index contributed by atoms with van der Waals surface area (Å²) in [7, 11) is 0. The quantitative estimate of drug-likeness (QED) is 0.647. The summed E-state index contributed by atoms with van der Waals surface area (Å²) in [5, 5.41) is 6.77. The third-order valence-electron chi connectivity index (χ3n) is 4.57. The second-order valence-electron chi connectivity index (χ2n) is 6.10. The molecule has 0 spiro atoms. The van der Waals surface area contributed by atoms with Gasteiger partial charge in [0.25, 0.3) is 4.84 Å². The predicted octanol–water partition coefficient (Wildman–Crippen LogP) is 4.43. The Kier molecular flexibility index (Phi) is 4.35. The van der Waals surface area contributed by atoms with Gasteiger partial charge in [0.15, 0.2) is 0 Å². The fourth-order valence-corrected chi connectivity index (χ4v) is 4.36. The summed E-state index contributed by atoms with van der Waals surface area (Å²) >= 11 is 7.22. The van der Waals surface area contributed by atoms with E-state index in [1.54, 1.807) is 0 Å². The third-order valence-corrected chi connectivity index (χ3v) is 5.86. The molecule has 0 amide bonds. The Hall–Kier alpha value is -1.76. The maximum absolute atomic E-state index is 5.69. The number of benzene rings is 1. The highest BCUT2D eigenvalue weighted by Crippen LogP contribution is 2.32. The van der Waals surface area contributed by atoms with Gasteiger partial charge in [-0.15, -0.1) is 16.4 Å². The normalized spacial score (nSPS) is 17.8. The van der Waals surface area contributed by atoms with Crippen LogP contribution in [0, 0.1) is 4.84 Å². The first-order valence-corrected chi connectivity index (χ1v) is 9.40. The van der Waals surface area contributed by atoms with Gasteiger partial charge in [0.05, 0.1) is 13.1 Å². The van der Waals surface area contributed by atoms with Crippen molar-refractivity contribution in [3.8, 4) is 0 Å². The molecule has 0 saturated carbocycles. The molecule has 0 N–H and O–H groups in total. The summed E-state index contributed by atoms with van der Waals surface area (Å²) in [6.07, 6.45) is 1.76. The van der Waals surface area contributed by atoms with Crippen LogP contribution in [0.5, 0.6) is 0 Å². The SMILES string of the molecule is C[C@H]1c2ccsc2CCN1Cn1nc(Cc2ccccc2)oc1=S. The van der Waals surface area contributed by atoms with Crippen LogP contribution < -0.4 is 0 Å². The van der Waals surface area contributed by atoms with Gasteiger partial charge >= 0.3 is 0 Å². The molecule has 3 heterocycles. The maximum atomic E-state index is 5.69. The van der Waals surface area contributed by atoms with Gasteiger partial charge in [-0.2, -0.15) is 0 Å². The van der Waals surface area contributed by atoms with Crippen LogP contribution in [0.1, 0.15) is 34.9 Å². The van der Waals surface area contributed by atoms with Crippen LogP contribution in [0.15, 0.2) is 46.2 Å². The van der Waals surface area contributed by atoms with E-state index in [0.717, 1.165) is 13.0 Å². The number of hydrogen-bond acceptors (Lipinski definition) is 5. The number of hydrogen-bond donors (Lipinski definition) is 0. The highest BCUT2D eigenvalue weighted by Gasteiger charge is 2.25. The summed E-state index contributed by atoms with van der Waals surface area (Å²) in [5.41, 5.74) is 2.61. The summed E-state index contributed by atoms with van der Waals surface area (Å²) in [5.74, 6) is 0.673. The van der Waals surface area contributed by atoms with Gasteiger partial charge in [-0.1, -0.05) is 30.3 Å². The third kappa shape index (κ3) is 3.09. The van der Waals surface area contributed by atoms with E-state index >= 15 is 0 Å². The molecule has 1 aliphatic heterocycles. The van der Waals surface area contributed by atoms with Crippen molar-refractivity contribution in [1.29, 1.82) is 0 Å². The van der Waals surface area contributed by atoms with Crippen LogP contribution in [0.3, 0.4) is 0 Å². The number of aromatic nitrogens is 2. The van der Waals surface area contributed by atoms with Gasteiger partial charge in [-0.05, 0) is 48.1 Å². The second kappa shape index (κ2) is 6.63. The molecule has 1 aliphatic rings. The molecule has 0 unspecified atom stereocenters. The molecule has 24 heavy (non-hydrogen) atoms. The van der Waals surface area contributed by atoms with Crippen molar-refractivity contribution in [3.05, 3.63) is 68.5 Å². The first kappa shape index (κ1) is 15.7. The van der Waals surface area contributed by atoms with Crippen LogP contribution in [0.2, 0.25) is 0 Å². The van der Waals surface area contributed by atoms with Crippen molar-refractivity contribution in [2.45, 2.75) is 32.5 Å². The molecule has 4 nitrogen and oxygen atoms in total. The molecule has 124 valence electrons. The molecular formula is C18H19N3OS2. The minimum Gasteiger partial charge on any atom is -0.414 e. The minimum absolute atomic E-state index is 0.385. The number of fused-ring (bicyclic) bond motifs is 1. The lowest BCUT2D eigenvalue weighted by molar-refractivity contribution is 0.142. The lowest BCUT2D eigenvalue weighted by Gasteiger charge is -2.32. The van der Waals surface area contributed by atoms with Gasteiger partial charge in [-0.25, -0.2) is 4.68 Å². The highest BCUT2D eigenvalue weighted by molar-refractivity contribution is 7.71. The van der Waals surface area contributed by atoms with E-state index < -0.39 is 0 Å². The van der Waals surface area contributed by atoms with Crippen LogP contribution >= 0.6 is 23.6 Å². The lowest BCUT2D eigenvalue weighted by Crippen LogP contribution is -2.35. The number of rotatable bonds is 4. The van der Waals surface area contributed by atoms with E-state index in [1.165, 1.54) is 16.0 Å². The Morgan fingerprint density at radius 2 is 2.12 bits per heavy atom. The van der Waals surface area contributed by atoms with Gasteiger partial charge in [0, 0.05) is 17.5 Å². The van der Waals surface area contributed by atoms with E-state index in [1.807, 2.05) is 34.2 Å². The van der Waals surface area contributed by atoms with Crippen molar-refractivity contribution in [2.24, 2.45) is 0 Å². The Morgan fingerprint density at radius 1 is 1.29 bits per heavy atom. The van der Waals surface area contributed by atoms with Crippen molar-refractivity contribution in [2.75, 3.05) is 6.54 Å². The first-order chi connectivity index (χ1) is 11.7. The van der Waals surface area contributed by atoms with E-state index in [9.17, 15) is 0 Å². The average molecular weight is 358 g/mol. The predicted molar refractivity (Wildman–Crippen MR) is 97.7 cm³/mol.